The molecule has 8 aromatic carbocycles. The van der Waals surface area contributed by atoms with Crippen LogP contribution in [0.15, 0.2) is 152 Å². The minimum absolute atomic E-state index is 0. The molecule has 10 aromatic rings. The van der Waals surface area contributed by atoms with E-state index < -0.39 is 0 Å². The second-order valence-electron chi connectivity index (χ2n) is 16.7. The summed E-state index contributed by atoms with van der Waals surface area (Å²) in [6.45, 7) is 6.86. The van der Waals surface area contributed by atoms with Crippen molar-refractivity contribution in [2.75, 3.05) is 0 Å². The van der Waals surface area contributed by atoms with Gasteiger partial charge < -0.3 is 5.11 Å². The van der Waals surface area contributed by atoms with Crippen molar-refractivity contribution in [3.8, 4) is 61.4 Å². The third kappa shape index (κ3) is 4.88. The van der Waals surface area contributed by atoms with Crippen molar-refractivity contribution in [2.45, 2.75) is 26.2 Å². The number of hydrogen-bond donors (Lipinski definition) is 1. The predicted octanol–water partition coefficient (Wildman–Crippen LogP) is 10.9. The third-order valence-corrected chi connectivity index (χ3v) is 12.4. The molecule has 12 rings (SSSR count). The Morgan fingerprint density at radius 1 is 0.603 bits per heavy atom. The van der Waals surface area contributed by atoms with Crippen LogP contribution >= 0.6 is 0 Å². The number of pyridine rings is 1. The van der Waals surface area contributed by atoms with Gasteiger partial charge in [-0.15, -0.1) is 28.8 Å². The van der Waals surface area contributed by atoms with E-state index >= 15 is 0 Å². The largest absolute Gasteiger partial charge is 2.00 e. The molecule has 58 heavy (non-hydrogen) atoms. The second kappa shape index (κ2) is 12.6. The maximum absolute atomic E-state index is 12.7. The Kier molecular flexibility index (Phi) is 7.62. The Balaban J connectivity index is 0.00000385. The van der Waals surface area contributed by atoms with Crippen LogP contribution in [0, 0.1) is 12.1 Å². The SMILES string of the molecule is CC(C)(C)c1cc(-c2[c-]ccc(-c3ccccc3)c2)[c-]c(-c2cccc3c2nc2c4c(O)c5c(cc4c4ccccc4n32)B2c3ccccc3-c3cccc-5c32)c1.[Pt+2]. The number of phenolic OH excluding ortho intramolecular Hbond substituents is 1. The molecule has 0 spiro atoms. The van der Waals surface area contributed by atoms with Crippen molar-refractivity contribution < 1.29 is 26.2 Å². The molecule has 0 fully saturated rings. The minimum Gasteiger partial charge on any atom is -0.507 e. The molecule has 3 nitrogen and oxygen atoms in total. The number of aromatic hydroxyl groups is 1. The average molecular weight is 922 g/mol. The van der Waals surface area contributed by atoms with E-state index in [1.807, 2.05) is 12.1 Å². The number of aromatic nitrogens is 2. The number of hydrogen-bond acceptors (Lipinski definition) is 2. The van der Waals surface area contributed by atoms with Crippen molar-refractivity contribution in [1.82, 2.24) is 9.38 Å². The molecule has 0 aliphatic carbocycles. The summed E-state index contributed by atoms with van der Waals surface area (Å²) in [5, 5.41) is 15.6. The maximum Gasteiger partial charge on any atom is 2.00 e. The zero-order valence-corrected chi connectivity index (χ0v) is 34.4. The van der Waals surface area contributed by atoms with Crippen LogP contribution in [0.1, 0.15) is 26.3 Å². The van der Waals surface area contributed by atoms with E-state index in [1.54, 1.807) is 0 Å². The Labute approximate surface area is 352 Å². The Hall–Kier alpha value is -6.22. The van der Waals surface area contributed by atoms with Crippen LogP contribution < -0.4 is 16.4 Å². The van der Waals surface area contributed by atoms with Crippen LogP contribution in [-0.4, -0.2) is 21.2 Å². The van der Waals surface area contributed by atoms with E-state index in [0.717, 1.165) is 82.8 Å². The van der Waals surface area contributed by atoms with E-state index in [-0.39, 0.29) is 33.2 Å². The summed E-state index contributed by atoms with van der Waals surface area (Å²) in [5.74, 6) is 0.299. The molecule has 1 N–H and O–H groups in total. The smallest absolute Gasteiger partial charge is 0.507 e. The molecular weight excluding hydrogens is 886 g/mol. The summed E-state index contributed by atoms with van der Waals surface area (Å²) in [6.07, 6.45) is 0. The zero-order chi connectivity index (χ0) is 38.2. The molecular formula is C53H35BN2OPt. The molecule has 0 unspecified atom stereocenters. The number of para-hydroxylation sites is 2. The summed E-state index contributed by atoms with van der Waals surface area (Å²) < 4.78 is 2.25. The Morgan fingerprint density at radius 3 is 2.17 bits per heavy atom. The van der Waals surface area contributed by atoms with Gasteiger partial charge in [0, 0.05) is 10.9 Å². The van der Waals surface area contributed by atoms with Gasteiger partial charge in [0.05, 0.1) is 21.9 Å². The molecule has 2 aliphatic heterocycles. The van der Waals surface area contributed by atoms with Crippen LogP contribution in [0.5, 0.6) is 5.75 Å². The predicted molar refractivity (Wildman–Crippen MR) is 238 cm³/mol. The standard InChI is InChI=1S/C53H35BN2O.Pt/c1-53(2,3)36-28-34(33-17-11-16-32(26-33)31-14-5-4-6-15-31)27-35(29-36)37-20-13-25-46-50(37)55-52-48-42(39-19-8-10-24-45(39)56(46)52)30-44-47(51(48)57)41-22-12-21-40-38-18-7-9-23-43(38)54(44)49(40)41;/h4-16,18-26,28-30,57H,1-3H3;/q-2;+2. The molecule has 0 atom stereocenters. The van der Waals surface area contributed by atoms with Gasteiger partial charge in [0.15, 0.2) is 0 Å². The zero-order valence-electron chi connectivity index (χ0n) is 32.2. The van der Waals surface area contributed by atoms with E-state index in [0.29, 0.717) is 5.75 Å². The first-order valence-electron chi connectivity index (χ1n) is 19.7. The van der Waals surface area contributed by atoms with Gasteiger partial charge in [-0.25, -0.2) is 10.5 Å². The Bertz CT molecular complexity index is 3360. The summed E-state index contributed by atoms with van der Waals surface area (Å²) in [4.78, 5) is 5.52. The number of phenols is 1. The molecule has 0 amide bonds. The maximum atomic E-state index is 12.7. The quantitative estimate of drug-likeness (QED) is 0.109. The molecule has 0 bridgehead atoms. The van der Waals surface area contributed by atoms with E-state index in [2.05, 4.69) is 177 Å². The van der Waals surface area contributed by atoms with Gasteiger partial charge in [-0.1, -0.05) is 152 Å². The fourth-order valence-electron chi connectivity index (χ4n) is 9.79. The first-order chi connectivity index (χ1) is 27.8. The average Bonchev–Trinajstić information content (AvgIpc) is 3.91. The summed E-state index contributed by atoms with van der Waals surface area (Å²) in [6, 6.07) is 61.3. The number of nitrogens with zero attached hydrogens (tertiary/aromatic N) is 2. The number of benzene rings is 8. The van der Waals surface area contributed by atoms with Gasteiger partial charge in [-0.3, -0.25) is 4.40 Å². The minimum atomic E-state index is -0.113. The second-order valence-corrected chi connectivity index (χ2v) is 16.7. The van der Waals surface area contributed by atoms with Crippen molar-refractivity contribution in [3.63, 3.8) is 0 Å². The summed E-state index contributed by atoms with van der Waals surface area (Å²) >= 11 is 0. The monoisotopic (exact) mass is 921 g/mol. The van der Waals surface area contributed by atoms with Crippen LogP contribution in [0.4, 0.5) is 0 Å². The van der Waals surface area contributed by atoms with E-state index in [1.165, 1.54) is 33.2 Å². The van der Waals surface area contributed by atoms with E-state index in [9.17, 15) is 5.11 Å². The van der Waals surface area contributed by atoms with Crippen LogP contribution in [-0.2, 0) is 26.5 Å². The first-order valence-corrected chi connectivity index (χ1v) is 19.7. The van der Waals surface area contributed by atoms with Crippen molar-refractivity contribution >= 4 is 61.5 Å². The third-order valence-electron chi connectivity index (χ3n) is 12.4. The first kappa shape index (κ1) is 35.0. The molecule has 5 heteroatoms. The summed E-state index contributed by atoms with van der Waals surface area (Å²) in [5.41, 5.74) is 19.4. The van der Waals surface area contributed by atoms with Crippen LogP contribution in [0.2, 0.25) is 0 Å². The van der Waals surface area contributed by atoms with Crippen LogP contribution in [0.25, 0.3) is 94.0 Å². The fraction of sp³-hybridized carbons (Fsp3) is 0.0755. The Morgan fingerprint density at radius 2 is 1.31 bits per heavy atom. The van der Waals surface area contributed by atoms with Crippen molar-refractivity contribution in [3.05, 3.63) is 169 Å². The molecule has 0 saturated carbocycles. The molecule has 4 heterocycles. The van der Waals surface area contributed by atoms with Gasteiger partial charge >= 0.3 is 21.1 Å². The van der Waals surface area contributed by atoms with E-state index in [4.69, 9.17) is 4.98 Å². The number of rotatable bonds is 3. The van der Waals surface area contributed by atoms with Gasteiger partial charge in [0.1, 0.15) is 11.4 Å². The topological polar surface area (TPSA) is 37.5 Å². The van der Waals surface area contributed by atoms with Gasteiger partial charge in [-0.2, -0.15) is 35.9 Å². The van der Waals surface area contributed by atoms with Gasteiger partial charge in [0.2, 0.25) is 6.71 Å². The molecule has 276 valence electrons. The molecule has 2 aliphatic rings. The van der Waals surface area contributed by atoms with Crippen LogP contribution in [0.3, 0.4) is 0 Å². The van der Waals surface area contributed by atoms with Crippen molar-refractivity contribution in [1.29, 1.82) is 0 Å². The number of fused-ring (bicyclic) bond motifs is 14. The summed E-state index contributed by atoms with van der Waals surface area (Å²) in [7, 11) is 0. The van der Waals surface area contributed by atoms with Gasteiger partial charge in [0.25, 0.3) is 0 Å². The fourth-order valence-corrected chi connectivity index (χ4v) is 9.79. The van der Waals surface area contributed by atoms with Gasteiger partial charge in [-0.05, 0) is 45.2 Å². The molecule has 0 radical (unpaired) electrons. The number of imidazole rings is 1. The van der Waals surface area contributed by atoms with Crippen molar-refractivity contribution in [2.24, 2.45) is 0 Å². The molecule has 0 saturated heterocycles. The molecule has 2 aromatic heterocycles. The normalized spacial score (nSPS) is 12.6.